The second-order valence-electron chi connectivity index (χ2n) is 8.06. The number of imide groups is 1. The molecule has 2 fully saturated rings. The van der Waals surface area contributed by atoms with Gasteiger partial charge in [0.2, 0.25) is 5.91 Å². The maximum Gasteiger partial charge on any atom is 0.322 e. The lowest BCUT2D eigenvalue weighted by molar-refractivity contribution is -0.137. The number of hydrogen-bond acceptors (Lipinski definition) is 3. The fourth-order valence-electron chi connectivity index (χ4n) is 4.16. The van der Waals surface area contributed by atoms with Gasteiger partial charge in [0.15, 0.2) is 0 Å². The van der Waals surface area contributed by atoms with E-state index in [1.165, 1.54) is 16.7 Å². The van der Waals surface area contributed by atoms with Gasteiger partial charge in [0.25, 0.3) is 5.91 Å². The Morgan fingerprint density at radius 3 is 2.21 bits per heavy atom. The van der Waals surface area contributed by atoms with Crippen LogP contribution in [0.15, 0.2) is 54.6 Å². The molecule has 1 unspecified atom stereocenters. The lowest BCUT2D eigenvalue weighted by Gasteiger charge is -2.34. The SMILES string of the molecule is CC1(CC(=O)N2CCC(c3ccc(-c4ccccc4)cc3)CC2)NC(=O)NC1=O. The molecule has 2 N–H and O–H groups in total. The zero-order chi connectivity index (χ0) is 20.4. The molecular weight excluding hydrogens is 366 g/mol. The van der Waals surface area contributed by atoms with E-state index in [1.807, 2.05) is 18.2 Å². The third-order valence-electron chi connectivity index (χ3n) is 5.96. The van der Waals surface area contributed by atoms with Crippen LogP contribution in [0, 0.1) is 0 Å². The van der Waals surface area contributed by atoms with Crippen molar-refractivity contribution in [2.75, 3.05) is 13.1 Å². The van der Waals surface area contributed by atoms with Crippen LogP contribution in [0.3, 0.4) is 0 Å². The first-order valence-corrected chi connectivity index (χ1v) is 10.0. The molecular formula is C23H25N3O3. The Kier molecular flexibility index (Phi) is 5.09. The van der Waals surface area contributed by atoms with E-state index < -0.39 is 17.5 Å². The Labute approximate surface area is 170 Å². The summed E-state index contributed by atoms with van der Waals surface area (Å²) in [5, 5.41) is 4.76. The second kappa shape index (κ2) is 7.70. The van der Waals surface area contributed by atoms with E-state index in [1.54, 1.807) is 11.8 Å². The topological polar surface area (TPSA) is 78.5 Å². The van der Waals surface area contributed by atoms with E-state index >= 15 is 0 Å². The normalized spacial score (nSPS) is 22.3. The summed E-state index contributed by atoms with van der Waals surface area (Å²) in [4.78, 5) is 37.8. The fraction of sp³-hybridized carbons (Fsp3) is 0.348. The van der Waals surface area contributed by atoms with Crippen molar-refractivity contribution in [2.24, 2.45) is 0 Å². The summed E-state index contributed by atoms with van der Waals surface area (Å²) in [6.45, 7) is 2.91. The monoisotopic (exact) mass is 391 g/mol. The van der Waals surface area contributed by atoms with Crippen molar-refractivity contribution in [1.29, 1.82) is 0 Å². The van der Waals surface area contributed by atoms with Crippen molar-refractivity contribution in [3.63, 3.8) is 0 Å². The highest BCUT2D eigenvalue weighted by molar-refractivity contribution is 6.08. The van der Waals surface area contributed by atoms with Crippen molar-refractivity contribution in [3.8, 4) is 11.1 Å². The number of carbonyl (C=O) groups excluding carboxylic acids is 3. The molecule has 6 nitrogen and oxygen atoms in total. The molecule has 4 rings (SSSR count). The highest BCUT2D eigenvalue weighted by Gasteiger charge is 2.44. The van der Waals surface area contributed by atoms with Crippen LogP contribution < -0.4 is 10.6 Å². The Morgan fingerprint density at radius 1 is 1.00 bits per heavy atom. The highest BCUT2D eigenvalue weighted by atomic mass is 16.2. The number of piperidine rings is 1. The molecule has 2 saturated heterocycles. The number of hydrogen-bond donors (Lipinski definition) is 2. The predicted octanol–water partition coefficient (Wildman–Crippen LogP) is 3.05. The van der Waals surface area contributed by atoms with Gasteiger partial charge in [-0.2, -0.15) is 0 Å². The minimum atomic E-state index is -1.15. The van der Waals surface area contributed by atoms with E-state index in [4.69, 9.17) is 0 Å². The molecule has 0 saturated carbocycles. The molecule has 1 atom stereocenters. The smallest absolute Gasteiger partial charge is 0.322 e. The van der Waals surface area contributed by atoms with E-state index in [2.05, 4.69) is 47.0 Å². The zero-order valence-electron chi connectivity index (χ0n) is 16.5. The third-order valence-corrected chi connectivity index (χ3v) is 5.96. The Bertz CT molecular complexity index is 918. The second-order valence-corrected chi connectivity index (χ2v) is 8.06. The highest BCUT2D eigenvalue weighted by Crippen LogP contribution is 2.30. The maximum absolute atomic E-state index is 12.7. The molecule has 0 aromatic heterocycles. The number of nitrogens with one attached hydrogen (secondary N) is 2. The van der Waals surface area contributed by atoms with Crippen LogP contribution in [-0.2, 0) is 9.59 Å². The minimum absolute atomic E-state index is 0.0129. The molecule has 29 heavy (non-hydrogen) atoms. The van der Waals surface area contributed by atoms with E-state index in [0.29, 0.717) is 19.0 Å². The Hall–Kier alpha value is -3.15. The Balaban J connectivity index is 1.34. The lowest BCUT2D eigenvalue weighted by Crippen LogP contribution is -2.49. The fourth-order valence-corrected chi connectivity index (χ4v) is 4.16. The molecule has 6 heteroatoms. The number of rotatable bonds is 4. The first kappa shape index (κ1) is 19.2. The molecule has 2 aromatic carbocycles. The van der Waals surface area contributed by atoms with Gasteiger partial charge in [0.1, 0.15) is 5.54 Å². The number of nitrogens with zero attached hydrogens (tertiary/aromatic N) is 1. The van der Waals surface area contributed by atoms with Crippen molar-refractivity contribution in [3.05, 3.63) is 60.2 Å². The van der Waals surface area contributed by atoms with E-state index in [0.717, 1.165) is 12.8 Å². The van der Waals surface area contributed by atoms with Crippen molar-refractivity contribution < 1.29 is 14.4 Å². The average molecular weight is 391 g/mol. The number of benzene rings is 2. The van der Waals surface area contributed by atoms with Crippen LogP contribution in [-0.4, -0.2) is 41.4 Å². The molecule has 2 aliphatic heterocycles. The standard InChI is InChI=1S/C23H25N3O3/c1-23(21(28)24-22(29)25-23)15-20(27)26-13-11-19(12-14-26)18-9-7-17(8-10-18)16-5-3-2-4-6-16/h2-10,19H,11-15H2,1H3,(H2,24,25,28,29). The van der Waals surface area contributed by atoms with Crippen LogP contribution in [0.2, 0.25) is 0 Å². The lowest BCUT2D eigenvalue weighted by atomic mass is 9.88. The summed E-state index contributed by atoms with van der Waals surface area (Å²) in [5.41, 5.74) is 2.55. The van der Waals surface area contributed by atoms with Gasteiger partial charge < -0.3 is 10.2 Å². The molecule has 150 valence electrons. The summed E-state index contributed by atoms with van der Waals surface area (Å²) >= 11 is 0. The number of likely N-dealkylation sites (tertiary alicyclic amines) is 1. The molecule has 0 spiro atoms. The molecule has 2 aliphatic rings. The first-order chi connectivity index (χ1) is 13.9. The van der Waals surface area contributed by atoms with Gasteiger partial charge >= 0.3 is 6.03 Å². The van der Waals surface area contributed by atoms with Crippen molar-refractivity contribution >= 4 is 17.8 Å². The maximum atomic E-state index is 12.7. The van der Waals surface area contributed by atoms with Gasteiger partial charge in [0, 0.05) is 13.1 Å². The number of urea groups is 1. The van der Waals surface area contributed by atoms with Crippen LogP contribution in [0.5, 0.6) is 0 Å². The molecule has 0 radical (unpaired) electrons. The summed E-state index contributed by atoms with van der Waals surface area (Å²) in [6, 6.07) is 18.4. The average Bonchev–Trinajstić information content (AvgIpc) is 2.99. The van der Waals surface area contributed by atoms with Gasteiger partial charge in [0.05, 0.1) is 6.42 Å². The largest absolute Gasteiger partial charge is 0.343 e. The third kappa shape index (κ3) is 4.01. The molecule has 2 aromatic rings. The predicted molar refractivity (Wildman–Crippen MR) is 110 cm³/mol. The molecule has 4 amide bonds. The number of amides is 4. The zero-order valence-corrected chi connectivity index (χ0v) is 16.5. The summed E-state index contributed by atoms with van der Waals surface area (Å²) < 4.78 is 0. The first-order valence-electron chi connectivity index (χ1n) is 10.0. The van der Waals surface area contributed by atoms with Crippen LogP contribution in [0.4, 0.5) is 4.79 Å². The summed E-state index contributed by atoms with van der Waals surface area (Å²) in [5.74, 6) is -0.110. The molecule has 2 heterocycles. The minimum Gasteiger partial charge on any atom is -0.343 e. The summed E-state index contributed by atoms with van der Waals surface area (Å²) in [6.07, 6.45) is 1.78. The van der Waals surface area contributed by atoms with Gasteiger partial charge in [-0.25, -0.2) is 4.79 Å². The molecule has 0 aliphatic carbocycles. The quantitative estimate of drug-likeness (QED) is 0.787. The van der Waals surface area contributed by atoms with Crippen LogP contribution in [0.25, 0.3) is 11.1 Å². The van der Waals surface area contributed by atoms with Crippen molar-refractivity contribution in [1.82, 2.24) is 15.5 Å². The van der Waals surface area contributed by atoms with Crippen LogP contribution >= 0.6 is 0 Å². The summed E-state index contributed by atoms with van der Waals surface area (Å²) in [7, 11) is 0. The van der Waals surface area contributed by atoms with E-state index in [-0.39, 0.29) is 12.3 Å². The Morgan fingerprint density at radius 2 is 1.62 bits per heavy atom. The van der Waals surface area contributed by atoms with Gasteiger partial charge in [-0.05, 0) is 42.4 Å². The van der Waals surface area contributed by atoms with Gasteiger partial charge in [-0.15, -0.1) is 0 Å². The number of carbonyl (C=O) groups is 3. The van der Waals surface area contributed by atoms with Crippen LogP contribution in [0.1, 0.15) is 37.7 Å². The van der Waals surface area contributed by atoms with E-state index in [9.17, 15) is 14.4 Å². The van der Waals surface area contributed by atoms with Gasteiger partial charge in [-0.1, -0.05) is 54.6 Å². The van der Waals surface area contributed by atoms with Gasteiger partial charge in [-0.3, -0.25) is 14.9 Å². The molecule has 0 bridgehead atoms. The van der Waals surface area contributed by atoms with Crippen molar-refractivity contribution in [2.45, 2.75) is 37.6 Å².